The Balaban J connectivity index is 1.71. The molecule has 2 N–H and O–H groups in total. The average Bonchev–Trinajstić information content (AvgIpc) is 2.97. The van der Waals surface area contributed by atoms with Gasteiger partial charge in [-0.25, -0.2) is 0 Å². The molecule has 0 spiro atoms. The molecule has 3 heteroatoms. The standard InChI is InChI=1S/C16H32N2O/c1-13(2)10-17-11-15(19)12-18-9-5-8-16(18)14-6-3-4-7-14/h13-17,19H,3-12H2,1-2H3. The lowest BCUT2D eigenvalue weighted by atomic mass is 9.96. The molecule has 1 saturated heterocycles. The second-order valence-electron chi connectivity index (χ2n) is 6.95. The summed E-state index contributed by atoms with van der Waals surface area (Å²) in [5.74, 6) is 1.57. The summed E-state index contributed by atoms with van der Waals surface area (Å²) in [6.45, 7) is 8.22. The third kappa shape index (κ3) is 4.73. The largest absolute Gasteiger partial charge is 0.390 e. The first-order valence-electron chi connectivity index (χ1n) is 8.29. The quantitative estimate of drug-likeness (QED) is 0.743. The maximum atomic E-state index is 10.2. The SMILES string of the molecule is CC(C)CNCC(O)CN1CCCC1C1CCCC1. The fourth-order valence-electron chi connectivity index (χ4n) is 3.83. The van der Waals surface area contributed by atoms with E-state index in [1.165, 1.54) is 45.1 Å². The van der Waals surface area contributed by atoms with Crippen LogP contribution in [-0.2, 0) is 0 Å². The molecule has 2 aliphatic rings. The molecule has 112 valence electrons. The zero-order chi connectivity index (χ0) is 13.7. The van der Waals surface area contributed by atoms with Crippen LogP contribution in [-0.4, -0.2) is 48.3 Å². The summed E-state index contributed by atoms with van der Waals surface area (Å²) in [5.41, 5.74) is 0. The molecule has 0 radical (unpaired) electrons. The van der Waals surface area contributed by atoms with E-state index >= 15 is 0 Å². The smallest absolute Gasteiger partial charge is 0.0791 e. The number of aliphatic hydroxyl groups excluding tert-OH is 1. The van der Waals surface area contributed by atoms with Crippen molar-refractivity contribution < 1.29 is 5.11 Å². The van der Waals surface area contributed by atoms with Gasteiger partial charge in [-0.1, -0.05) is 26.7 Å². The minimum atomic E-state index is -0.208. The first-order chi connectivity index (χ1) is 9.16. The molecule has 2 unspecified atom stereocenters. The molecule has 0 amide bonds. The van der Waals surface area contributed by atoms with Crippen molar-refractivity contribution in [1.82, 2.24) is 10.2 Å². The summed E-state index contributed by atoms with van der Waals surface area (Å²) in [6.07, 6.45) is 8.16. The monoisotopic (exact) mass is 268 g/mol. The van der Waals surface area contributed by atoms with Crippen LogP contribution in [0.15, 0.2) is 0 Å². The van der Waals surface area contributed by atoms with Crippen molar-refractivity contribution in [2.45, 2.75) is 64.5 Å². The van der Waals surface area contributed by atoms with Gasteiger partial charge in [-0.15, -0.1) is 0 Å². The fourth-order valence-corrected chi connectivity index (χ4v) is 3.83. The second kappa shape index (κ2) is 7.61. The fraction of sp³-hybridized carbons (Fsp3) is 1.00. The van der Waals surface area contributed by atoms with Crippen LogP contribution in [0.3, 0.4) is 0 Å². The van der Waals surface area contributed by atoms with Gasteiger partial charge in [0.25, 0.3) is 0 Å². The summed E-state index contributed by atoms with van der Waals surface area (Å²) in [5, 5.41) is 13.5. The van der Waals surface area contributed by atoms with Crippen molar-refractivity contribution in [3.05, 3.63) is 0 Å². The molecule has 1 heterocycles. The van der Waals surface area contributed by atoms with E-state index in [1.807, 2.05) is 0 Å². The molecule has 1 aliphatic carbocycles. The van der Waals surface area contributed by atoms with E-state index in [4.69, 9.17) is 0 Å². The van der Waals surface area contributed by atoms with Crippen LogP contribution in [0.1, 0.15) is 52.4 Å². The van der Waals surface area contributed by atoms with Crippen molar-refractivity contribution in [2.75, 3.05) is 26.2 Å². The Bertz CT molecular complexity index is 251. The van der Waals surface area contributed by atoms with Crippen molar-refractivity contribution in [3.63, 3.8) is 0 Å². The molecule has 3 nitrogen and oxygen atoms in total. The molecular formula is C16H32N2O. The van der Waals surface area contributed by atoms with Gasteiger partial charge in [-0.2, -0.15) is 0 Å². The zero-order valence-electron chi connectivity index (χ0n) is 12.8. The topological polar surface area (TPSA) is 35.5 Å². The number of hydrogen-bond acceptors (Lipinski definition) is 3. The Hall–Kier alpha value is -0.120. The minimum Gasteiger partial charge on any atom is -0.390 e. The molecular weight excluding hydrogens is 236 g/mol. The van der Waals surface area contributed by atoms with Crippen molar-refractivity contribution in [1.29, 1.82) is 0 Å². The van der Waals surface area contributed by atoms with Gasteiger partial charge in [0.1, 0.15) is 0 Å². The molecule has 2 fully saturated rings. The number of aliphatic hydroxyl groups is 1. The molecule has 0 bridgehead atoms. The number of nitrogens with one attached hydrogen (secondary N) is 1. The molecule has 2 atom stereocenters. The zero-order valence-corrected chi connectivity index (χ0v) is 12.8. The molecule has 0 aromatic carbocycles. The van der Waals surface area contributed by atoms with Gasteiger partial charge < -0.3 is 10.4 Å². The lowest BCUT2D eigenvalue weighted by molar-refractivity contribution is 0.0883. The minimum absolute atomic E-state index is 0.208. The maximum Gasteiger partial charge on any atom is 0.0791 e. The summed E-state index contributed by atoms with van der Waals surface area (Å²) in [6, 6.07) is 0.766. The molecule has 1 aliphatic heterocycles. The number of rotatable bonds is 7. The number of likely N-dealkylation sites (tertiary alicyclic amines) is 1. The number of nitrogens with zero attached hydrogens (tertiary/aromatic N) is 1. The highest BCUT2D eigenvalue weighted by Gasteiger charge is 2.33. The highest BCUT2D eigenvalue weighted by molar-refractivity contribution is 4.88. The Labute approximate surface area is 118 Å². The summed E-state index contributed by atoms with van der Waals surface area (Å²) >= 11 is 0. The van der Waals surface area contributed by atoms with Crippen molar-refractivity contribution in [2.24, 2.45) is 11.8 Å². The van der Waals surface area contributed by atoms with Crippen LogP contribution in [0.2, 0.25) is 0 Å². The van der Waals surface area contributed by atoms with Crippen LogP contribution < -0.4 is 5.32 Å². The molecule has 1 saturated carbocycles. The van der Waals surface area contributed by atoms with E-state index in [0.29, 0.717) is 5.92 Å². The maximum absolute atomic E-state index is 10.2. The van der Waals surface area contributed by atoms with E-state index in [1.54, 1.807) is 0 Å². The molecule has 19 heavy (non-hydrogen) atoms. The van der Waals surface area contributed by atoms with E-state index < -0.39 is 0 Å². The van der Waals surface area contributed by atoms with Gasteiger partial charge in [0, 0.05) is 19.1 Å². The van der Waals surface area contributed by atoms with Gasteiger partial charge in [0.05, 0.1) is 6.10 Å². The van der Waals surface area contributed by atoms with Crippen LogP contribution in [0, 0.1) is 11.8 Å². The van der Waals surface area contributed by atoms with Crippen LogP contribution in [0.25, 0.3) is 0 Å². The first kappa shape index (κ1) is 15.3. The van der Waals surface area contributed by atoms with Crippen molar-refractivity contribution >= 4 is 0 Å². The normalized spacial score (nSPS) is 27.5. The van der Waals surface area contributed by atoms with E-state index in [0.717, 1.165) is 31.6 Å². The van der Waals surface area contributed by atoms with Crippen LogP contribution in [0.5, 0.6) is 0 Å². The Morgan fingerprint density at radius 2 is 1.84 bits per heavy atom. The highest BCUT2D eigenvalue weighted by atomic mass is 16.3. The van der Waals surface area contributed by atoms with Gasteiger partial charge in [-0.05, 0) is 50.6 Å². The van der Waals surface area contributed by atoms with Gasteiger partial charge in [0.15, 0.2) is 0 Å². The van der Waals surface area contributed by atoms with Gasteiger partial charge >= 0.3 is 0 Å². The van der Waals surface area contributed by atoms with Crippen LogP contribution in [0.4, 0.5) is 0 Å². The number of β-amino-alcohol motifs (C(OH)–C–C–N with tert-alkyl or cyclic N) is 1. The predicted molar refractivity (Wildman–Crippen MR) is 80.3 cm³/mol. The van der Waals surface area contributed by atoms with Gasteiger partial charge in [0.2, 0.25) is 0 Å². The summed E-state index contributed by atoms with van der Waals surface area (Å²) in [7, 11) is 0. The van der Waals surface area contributed by atoms with Crippen LogP contribution >= 0.6 is 0 Å². The Morgan fingerprint density at radius 1 is 1.11 bits per heavy atom. The third-order valence-electron chi connectivity index (χ3n) is 4.74. The second-order valence-corrected chi connectivity index (χ2v) is 6.95. The van der Waals surface area contributed by atoms with Gasteiger partial charge in [-0.3, -0.25) is 4.90 Å². The number of hydrogen-bond donors (Lipinski definition) is 2. The predicted octanol–water partition coefficient (Wildman–Crippen LogP) is 2.25. The lowest BCUT2D eigenvalue weighted by Crippen LogP contribution is -2.43. The van der Waals surface area contributed by atoms with Crippen molar-refractivity contribution in [3.8, 4) is 0 Å². The summed E-state index contributed by atoms with van der Waals surface area (Å²) < 4.78 is 0. The average molecular weight is 268 g/mol. The van der Waals surface area contributed by atoms with E-state index in [9.17, 15) is 5.11 Å². The Kier molecular flexibility index (Phi) is 6.11. The lowest BCUT2D eigenvalue weighted by Gasteiger charge is -2.31. The van der Waals surface area contributed by atoms with E-state index in [2.05, 4.69) is 24.1 Å². The Morgan fingerprint density at radius 3 is 2.53 bits per heavy atom. The third-order valence-corrected chi connectivity index (χ3v) is 4.74. The molecule has 2 rings (SSSR count). The van der Waals surface area contributed by atoms with E-state index in [-0.39, 0.29) is 6.10 Å². The highest BCUT2D eigenvalue weighted by Crippen LogP contribution is 2.35. The molecule has 0 aromatic rings. The first-order valence-corrected chi connectivity index (χ1v) is 8.29. The molecule has 0 aromatic heterocycles. The summed E-state index contributed by atoms with van der Waals surface area (Å²) in [4.78, 5) is 2.57.